The van der Waals surface area contributed by atoms with Crippen LogP contribution in [0, 0.1) is 11.3 Å². The Morgan fingerprint density at radius 3 is 3.00 bits per heavy atom. The molecule has 0 fully saturated rings. The second kappa shape index (κ2) is 9.61. The summed E-state index contributed by atoms with van der Waals surface area (Å²) in [6, 6.07) is 5.36. The lowest BCUT2D eigenvalue weighted by Crippen LogP contribution is -2.25. The van der Waals surface area contributed by atoms with Crippen LogP contribution < -0.4 is 10.6 Å². The highest BCUT2D eigenvalue weighted by Crippen LogP contribution is 2.00. The predicted octanol–water partition coefficient (Wildman–Crippen LogP) is 1.71. The van der Waals surface area contributed by atoms with E-state index < -0.39 is 5.91 Å². The maximum absolute atomic E-state index is 11.8. The van der Waals surface area contributed by atoms with E-state index in [1.165, 1.54) is 12.5 Å². The first-order valence-electron chi connectivity index (χ1n) is 6.89. The molecule has 0 aliphatic rings. The van der Waals surface area contributed by atoms with E-state index in [0.29, 0.717) is 18.9 Å². The molecule has 1 aromatic heterocycles. The SMILES string of the molecule is CC(C)OCCCN/C=C(/C#N)C(=O)NCc1ccco1. The molecule has 1 rings (SSSR count). The van der Waals surface area contributed by atoms with Crippen molar-refractivity contribution in [1.29, 1.82) is 5.26 Å². The summed E-state index contributed by atoms with van der Waals surface area (Å²) >= 11 is 0. The standard InChI is InChI=1S/C15H21N3O3/c1-12(2)20-8-4-6-17-10-13(9-16)15(19)18-11-14-5-3-7-21-14/h3,5,7,10,12,17H,4,6,8,11H2,1-2H3,(H,18,19)/b13-10-. The number of nitrogens with one attached hydrogen (secondary N) is 2. The van der Waals surface area contributed by atoms with E-state index >= 15 is 0 Å². The zero-order valence-electron chi connectivity index (χ0n) is 12.4. The summed E-state index contributed by atoms with van der Waals surface area (Å²) < 4.78 is 10.5. The number of ether oxygens (including phenoxy) is 1. The van der Waals surface area contributed by atoms with Crippen LogP contribution in [-0.2, 0) is 16.1 Å². The van der Waals surface area contributed by atoms with Crippen LogP contribution in [0.5, 0.6) is 0 Å². The summed E-state index contributed by atoms with van der Waals surface area (Å²) in [5, 5.41) is 14.5. The van der Waals surface area contributed by atoms with Crippen molar-refractivity contribution in [2.45, 2.75) is 32.9 Å². The van der Waals surface area contributed by atoms with Gasteiger partial charge in [0.25, 0.3) is 5.91 Å². The van der Waals surface area contributed by atoms with Gasteiger partial charge in [-0.05, 0) is 32.4 Å². The second-order valence-electron chi connectivity index (χ2n) is 4.66. The van der Waals surface area contributed by atoms with Crippen LogP contribution in [0.3, 0.4) is 0 Å². The number of carbonyl (C=O) groups excluding carboxylic acids is 1. The van der Waals surface area contributed by atoms with Crippen molar-refractivity contribution >= 4 is 5.91 Å². The quantitative estimate of drug-likeness (QED) is 0.411. The lowest BCUT2D eigenvalue weighted by molar-refractivity contribution is -0.117. The fourth-order valence-corrected chi connectivity index (χ4v) is 1.49. The topological polar surface area (TPSA) is 87.3 Å². The van der Waals surface area contributed by atoms with Gasteiger partial charge < -0.3 is 19.8 Å². The molecule has 1 aromatic rings. The number of rotatable bonds is 9. The minimum Gasteiger partial charge on any atom is -0.467 e. The van der Waals surface area contributed by atoms with Crippen molar-refractivity contribution in [3.8, 4) is 6.07 Å². The smallest absolute Gasteiger partial charge is 0.263 e. The van der Waals surface area contributed by atoms with Gasteiger partial charge in [0.15, 0.2) is 0 Å². The summed E-state index contributed by atoms with van der Waals surface area (Å²) in [7, 11) is 0. The van der Waals surface area contributed by atoms with Crippen LogP contribution in [0.1, 0.15) is 26.0 Å². The molecule has 0 radical (unpaired) electrons. The Bertz CT molecular complexity index is 487. The predicted molar refractivity (Wildman–Crippen MR) is 78.0 cm³/mol. The van der Waals surface area contributed by atoms with Gasteiger partial charge in [-0.3, -0.25) is 4.79 Å². The first kappa shape index (κ1) is 16.8. The Hall–Kier alpha value is -2.26. The number of furan rings is 1. The van der Waals surface area contributed by atoms with Crippen molar-refractivity contribution < 1.29 is 13.9 Å². The van der Waals surface area contributed by atoms with E-state index in [4.69, 9.17) is 14.4 Å². The lowest BCUT2D eigenvalue weighted by Gasteiger charge is -2.07. The summed E-state index contributed by atoms with van der Waals surface area (Å²) in [5.41, 5.74) is 0.0336. The summed E-state index contributed by atoms with van der Waals surface area (Å²) in [4.78, 5) is 11.8. The van der Waals surface area contributed by atoms with Gasteiger partial charge >= 0.3 is 0 Å². The fourth-order valence-electron chi connectivity index (χ4n) is 1.49. The van der Waals surface area contributed by atoms with Gasteiger partial charge in [-0.2, -0.15) is 5.26 Å². The molecule has 0 saturated carbocycles. The first-order valence-corrected chi connectivity index (χ1v) is 6.89. The van der Waals surface area contributed by atoms with Crippen LogP contribution in [0.2, 0.25) is 0 Å². The minimum atomic E-state index is -0.431. The number of nitriles is 1. The third-order valence-electron chi connectivity index (χ3n) is 2.53. The fraction of sp³-hybridized carbons (Fsp3) is 0.467. The Labute approximate surface area is 124 Å². The molecule has 0 aromatic carbocycles. The molecule has 6 nitrogen and oxygen atoms in total. The average molecular weight is 291 g/mol. The van der Waals surface area contributed by atoms with Gasteiger partial charge in [-0.15, -0.1) is 0 Å². The normalized spacial score (nSPS) is 11.2. The van der Waals surface area contributed by atoms with Crippen molar-refractivity contribution in [3.63, 3.8) is 0 Å². The van der Waals surface area contributed by atoms with Crippen LogP contribution in [0.4, 0.5) is 0 Å². The number of hydrogen-bond acceptors (Lipinski definition) is 5. The number of nitrogens with zero attached hydrogens (tertiary/aromatic N) is 1. The third kappa shape index (κ3) is 7.18. The average Bonchev–Trinajstić information content (AvgIpc) is 2.97. The van der Waals surface area contributed by atoms with E-state index in [-0.39, 0.29) is 18.2 Å². The molecule has 0 aliphatic carbocycles. The largest absolute Gasteiger partial charge is 0.467 e. The molecular formula is C15H21N3O3. The molecule has 0 unspecified atom stereocenters. The Kier molecular flexibility index (Phi) is 7.69. The molecule has 21 heavy (non-hydrogen) atoms. The molecule has 6 heteroatoms. The Morgan fingerprint density at radius 2 is 2.38 bits per heavy atom. The van der Waals surface area contributed by atoms with Crippen molar-refractivity contribution in [3.05, 3.63) is 35.9 Å². The summed E-state index contributed by atoms with van der Waals surface area (Å²) in [6.07, 6.45) is 3.97. The number of hydrogen-bond donors (Lipinski definition) is 2. The van der Waals surface area contributed by atoms with Gasteiger partial charge in [0.2, 0.25) is 0 Å². The highest BCUT2D eigenvalue weighted by molar-refractivity contribution is 5.96. The lowest BCUT2D eigenvalue weighted by atomic mass is 10.3. The van der Waals surface area contributed by atoms with Crippen molar-refractivity contribution in [2.24, 2.45) is 0 Å². The monoisotopic (exact) mass is 291 g/mol. The first-order chi connectivity index (χ1) is 10.1. The highest BCUT2D eigenvalue weighted by atomic mass is 16.5. The van der Waals surface area contributed by atoms with E-state index in [1.54, 1.807) is 12.1 Å². The van der Waals surface area contributed by atoms with Gasteiger partial charge in [0, 0.05) is 19.4 Å². The van der Waals surface area contributed by atoms with Gasteiger partial charge in [-0.1, -0.05) is 0 Å². The van der Waals surface area contributed by atoms with Crippen LogP contribution in [0.25, 0.3) is 0 Å². The molecular weight excluding hydrogens is 270 g/mol. The molecule has 0 aliphatic heterocycles. The summed E-state index contributed by atoms with van der Waals surface area (Å²) in [5.74, 6) is 0.208. The molecule has 0 spiro atoms. The van der Waals surface area contributed by atoms with Crippen LogP contribution in [-0.4, -0.2) is 25.2 Å². The molecule has 1 heterocycles. The number of carbonyl (C=O) groups is 1. The zero-order valence-corrected chi connectivity index (χ0v) is 12.4. The molecule has 114 valence electrons. The van der Waals surface area contributed by atoms with Crippen LogP contribution >= 0.6 is 0 Å². The second-order valence-corrected chi connectivity index (χ2v) is 4.66. The maximum atomic E-state index is 11.8. The van der Waals surface area contributed by atoms with Gasteiger partial charge in [-0.25, -0.2) is 0 Å². The molecule has 2 N–H and O–H groups in total. The molecule has 0 bridgehead atoms. The highest BCUT2D eigenvalue weighted by Gasteiger charge is 2.08. The Morgan fingerprint density at radius 1 is 1.57 bits per heavy atom. The van der Waals surface area contributed by atoms with Gasteiger partial charge in [0.1, 0.15) is 17.4 Å². The van der Waals surface area contributed by atoms with Gasteiger partial charge in [0.05, 0.1) is 18.9 Å². The zero-order chi connectivity index (χ0) is 15.5. The summed E-state index contributed by atoms with van der Waals surface area (Å²) in [6.45, 7) is 5.50. The number of amides is 1. The van der Waals surface area contributed by atoms with E-state index in [9.17, 15) is 4.79 Å². The minimum absolute atomic E-state index is 0.0336. The van der Waals surface area contributed by atoms with E-state index in [2.05, 4.69) is 10.6 Å². The maximum Gasteiger partial charge on any atom is 0.263 e. The molecule has 0 saturated heterocycles. The molecule has 1 amide bonds. The van der Waals surface area contributed by atoms with E-state index in [0.717, 1.165) is 6.42 Å². The van der Waals surface area contributed by atoms with Crippen LogP contribution in [0.15, 0.2) is 34.6 Å². The van der Waals surface area contributed by atoms with Crippen molar-refractivity contribution in [2.75, 3.05) is 13.2 Å². The molecule has 0 atom stereocenters. The van der Waals surface area contributed by atoms with Crippen molar-refractivity contribution in [1.82, 2.24) is 10.6 Å². The Balaban J connectivity index is 2.27. The third-order valence-corrected chi connectivity index (χ3v) is 2.53. The van der Waals surface area contributed by atoms with E-state index in [1.807, 2.05) is 19.9 Å².